The van der Waals surface area contributed by atoms with Crippen molar-refractivity contribution >= 4 is 0 Å². The molecule has 2 saturated heterocycles. The second kappa shape index (κ2) is 5.69. The van der Waals surface area contributed by atoms with Crippen molar-refractivity contribution in [1.29, 1.82) is 0 Å². The Morgan fingerprint density at radius 2 is 2.21 bits per heavy atom. The molecule has 0 radical (unpaired) electrons. The predicted molar refractivity (Wildman–Crippen MR) is 55.4 cm³/mol. The van der Waals surface area contributed by atoms with Crippen LogP contribution in [-0.2, 0) is 9.47 Å². The first-order valence-corrected chi connectivity index (χ1v) is 5.89. The first-order valence-electron chi connectivity index (χ1n) is 5.89. The van der Waals surface area contributed by atoms with Gasteiger partial charge in [0.05, 0.1) is 18.8 Å². The molecule has 0 aromatic rings. The van der Waals surface area contributed by atoms with Gasteiger partial charge in [0.1, 0.15) is 0 Å². The molecule has 2 rings (SSSR count). The van der Waals surface area contributed by atoms with E-state index in [0.717, 1.165) is 26.3 Å². The van der Waals surface area contributed by atoms with Crippen molar-refractivity contribution < 1.29 is 9.47 Å². The lowest BCUT2D eigenvalue weighted by Crippen LogP contribution is -2.37. The van der Waals surface area contributed by atoms with Crippen LogP contribution in [0.2, 0.25) is 0 Å². The van der Waals surface area contributed by atoms with E-state index in [1.807, 2.05) is 0 Å². The minimum atomic E-state index is 0.366. The monoisotopic (exact) mass is 199 g/mol. The highest BCUT2D eigenvalue weighted by atomic mass is 16.5. The quantitative estimate of drug-likeness (QED) is 0.743. The molecule has 2 heterocycles. The Morgan fingerprint density at radius 3 is 2.93 bits per heavy atom. The predicted octanol–water partition coefficient (Wildman–Crippen LogP) is 1.32. The van der Waals surface area contributed by atoms with Crippen LogP contribution in [0.1, 0.15) is 32.1 Å². The molecule has 82 valence electrons. The molecular formula is C11H21NO2. The normalized spacial score (nSPS) is 34.3. The molecule has 3 nitrogen and oxygen atoms in total. The number of piperidine rings is 1. The zero-order chi connectivity index (χ0) is 9.64. The maximum atomic E-state index is 5.83. The van der Waals surface area contributed by atoms with Gasteiger partial charge >= 0.3 is 0 Å². The van der Waals surface area contributed by atoms with Crippen molar-refractivity contribution in [1.82, 2.24) is 5.32 Å². The lowest BCUT2D eigenvalue weighted by molar-refractivity contribution is -0.0667. The maximum absolute atomic E-state index is 5.83. The van der Waals surface area contributed by atoms with Crippen molar-refractivity contribution in [2.75, 3.05) is 26.3 Å². The summed E-state index contributed by atoms with van der Waals surface area (Å²) in [7, 11) is 0. The van der Waals surface area contributed by atoms with Crippen LogP contribution in [0.25, 0.3) is 0 Å². The van der Waals surface area contributed by atoms with Gasteiger partial charge < -0.3 is 14.8 Å². The number of hydrogen-bond acceptors (Lipinski definition) is 3. The van der Waals surface area contributed by atoms with Crippen LogP contribution in [0, 0.1) is 0 Å². The first kappa shape index (κ1) is 10.4. The lowest BCUT2D eigenvalue weighted by Gasteiger charge is -2.27. The summed E-state index contributed by atoms with van der Waals surface area (Å²) in [4.78, 5) is 0. The van der Waals surface area contributed by atoms with Gasteiger partial charge in [0.25, 0.3) is 0 Å². The summed E-state index contributed by atoms with van der Waals surface area (Å²) in [5.74, 6) is 0. The van der Waals surface area contributed by atoms with E-state index in [0.29, 0.717) is 12.2 Å². The lowest BCUT2D eigenvalue weighted by atomic mass is 10.1. The molecule has 0 saturated carbocycles. The van der Waals surface area contributed by atoms with E-state index in [1.165, 1.54) is 32.1 Å². The molecule has 0 aromatic carbocycles. The largest absolute Gasteiger partial charge is 0.376 e. The van der Waals surface area contributed by atoms with Gasteiger partial charge in [-0.05, 0) is 38.6 Å². The average Bonchev–Trinajstić information content (AvgIpc) is 2.29. The summed E-state index contributed by atoms with van der Waals surface area (Å²) < 4.78 is 11.5. The summed E-state index contributed by atoms with van der Waals surface area (Å²) in [5, 5.41) is 3.36. The van der Waals surface area contributed by atoms with Crippen LogP contribution in [0.4, 0.5) is 0 Å². The molecule has 2 unspecified atom stereocenters. The van der Waals surface area contributed by atoms with Crippen molar-refractivity contribution in [3.63, 3.8) is 0 Å². The van der Waals surface area contributed by atoms with E-state index in [2.05, 4.69) is 5.32 Å². The van der Waals surface area contributed by atoms with Gasteiger partial charge in [-0.3, -0.25) is 0 Å². The molecule has 0 bridgehead atoms. The highest BCUT2D eigenvalue weighted by Crippen LogP contribution is 2.14. The highest BCUT2D eigenvalue weighted by Gasteiger charge is 2.18. The molecule has 2 fully saturated rings. The summed E-state index contributed by atoms with van der Waals surface area (Å²) >= 11 is 0. The fourth-order valence-corrected chi connectivity index (χ4v) is 2.14. The molecule has 2 aliphatic rings. The van der Waals surface area contributed by atoms with E-state index in [4.69, 9.17) is 9.47 Å². The fraction of sp³-hybridized carbons (Fsp3) is 1.00. The Balaban J connectivity index is 1.60. The molecular weight excluding hydrogens is 178 g/mol. The molecule has 0 spiro atoms. The molecule has 3 heteroatoms. The molecule has 14 heavy (non-hydrogen) atoms. The van der Waals surface area contributed by atoms with E-state index in [1.54, 1.807) is 0 Å². The third-order valence-electron chi connectivity index (χ3n) is 3.04. The standard InChI is InChI=1S/C11H21NO2/c1-2-7-13-11(4-1)9-14-10-5-3-6-12-8-10/h10-12H,1-9H2. The molecule has 0 amide bonds. The van der Waals surface area contributed by atoms with Gasteiger partial charge in [0.2, 0.25) is 0 Å². The van der Waals surface area contributed by atoms with E-state index >= 15 is 0 Å². The number of hydrogen-bond donors (Lipinski definition) is 1. The maximum Gasteiger partial charge on any atom is 0.0808 e. The van der Waals surface area contributed by atoms with Crippen molar-refractivity contribution in [3.8, 4) is 0 Å². The van der Waals surface area contributed by atoms with Gasteiger partial charge in [0.15, 0.2) is 0 Å². The zero-order valence-corrected chi connectivity index (χ0v) is 8.84. The van der Waals surface area contributed by atoms with Gasteiger partial charge in [0, 0.05) is 13.2 Å². The second-order valence-electron chi connectivity index (χ2n) is 4.29. The van der Waals surface area contributed by atoms with Gasteiger partial charge in [-0.2, -0.15) is 0 Å². The second-order valence-corrected chi connectivity index (χ2v) is 4.29. The van der Waals surface area contributed by atoms with E-state index in [9.17, 15) is 0 Å². The SMILES string of the molecule is C1CCC(COC2CCCNC2)OC1. The summed E-state index contributed by atoms with van der Waals surface area (Å²) in [6, 6.07) is 0. The molecule has 0 aromatic heterocycles. The fourth-order valence-electron chi connectivity index (χ4n) is 2.14. The van der Waals surface area contributed by atoms with Crippen molar-refractivity contribution in [3.05, 3.63) is 0 Å². The number of nitrogens with one attached hydrogen (secondary N) is 1. The topological polar surface area (TPSA) is 30.5 Å². The number of ether oxygens (including phenoxy) is 2. The molecule has 2 atom stereocenters. The van der Waals surface area contributed by atoms with Gasteiger partial charge in [-0.15, -0.1) is 0 Å². The molecule has 2 aliphatic heterocycles. The van der Waals surface area contributed by atoms with Crippen LogP contribution in [0.3, 0.4) is 0 Å². The van der Waals surface area contributed by atoms with Crippen LogP contribution in [0.5, 0.6) is 0 Å². The zero-order valence-electron chi connectivity index (χ0n) is 8.84. The molecule has 0 aliphatic carbocycles. The van der Waals surface area contributed by atoms with Crippen molar-refractivity contribution in [2.45, 2.75) is 44.3 Å². The van der Waals surface area contributed by atoms with E-state index < -0.39 is 0 Å². The smallest absolute Gasteiger partial charge is 0.0808 e. The first-order chi connectivity index (χ1) is 6.95. The van der Waals surface area contributed by atoms with Crippen LogP contribution < -0.4 is 5.32 Å². The Bertz CT molecular complexity index is 133. The van der Waals surface area contributed by atoms with Crippen molar-refractivity contribution in [2.24, 2.45) is 0 Å². The summed E-state index contributed by atoms with van der Waals surface area (Å²) in [6.07, 6.45) is 6.95. The van der Waals surface area contributed by atoms with Crippen LogP contribution in [0.15, 0.2) is 0 Å². The third-order valence-corrected chi connectivity index (χ3v) is 3.04. The Kier molecular flexibility index (Phi) is 4.22. The minimum Gasteiger partial charge on any atom is -0.376 e. The number of rotatable bonds is 3. The molecule has 1 N–H and O–H groups in total. The Hall–Kier alpha value is -0.120. The highest BCUT2D eigenvalue weighted by molar-refractivity contribution is 4.70. The van der Waals surface area contributed by atoms with Gasteiger partial charge in [-0.25, -0.2) is 0 Å². The minimum absolute atomic E-state index is 0.366. The summed E-state index contributed by atoms with van der Waals surface area (Å²) in [5.41, 5.74) is 0. The third kappa shape index (κ3) is 3.23. The average molecular weight is 199 g/mol. The van der Waals surface area contributed by atoms with Crippen LogP contribution >= 0.6 is 0 Å². The van der Waals surface area contributed by atoms with Gasteiger partial charge in [-0.1, -0.05) is 0 Å². The summed E-state index contributed by atoms with van der Waals surface area (Å²) in [6.45, 7) is 3.90. The van der Waals surface area contributed by atoms with Crippen LogP contribution in [-0.4, -0.2) is 38.5 Å². The van der Waals surface area contributed by atoms with E-state index in [-0.39, 0.29) is 0 Å². The Morgan fingerprint density at radius 1 is 1.21 bits per heavy atom. The Labute approximate surface area is 86.2 Å².